The molecule has 0 radical (unpaired) electrons. The second-order valence-corrected chi connectivity index (χ2v) is 10.1. The van der Waals surface area contributed by atoms with Gasteiger partial charge in [-0.15, -0.1) is 0 Å². The van der Waals surface area contributed by atoms with Crippen LogP contribution in [0.5, 0.6) is 17.2 Å². The van der Waals surface area contributed by atoms with Crippen molar-refractivity contribution in [3.8, 4) is 17.2 Å². The van der Waals surface area contributed by atoms with Gasteiger partial charge in [0.05, 0.1) is 37.5 Å². The number of sulfonamides is 1. The lowest BCUT2D eigenvalue weighted by Gasteiger charge is -2.20. The highest BCUT2D eigenvalue weighted by atomic mass is 32.2. The summed E-state index contributed by atoms with van der Waals surface area (Å²) in [5, 5.41) is 12.3. The minimum atomic E-state index is -4.02. The first kappa shape index (κ1) is 27.8. The second kappa shape index (κ2) is 12.6. The van der Waals surface area contributed by atoms with Crippen LogP contribution in [-0.2, 0) is 10.0 Å². The lowest BCUT2D eigenvalue weighted by Crippen LogP contribution is -2.27. The molecule has 206 valence electrons. The van der Waals surface area contributed by atoms with Crippen molar-refractivity contribution >= 4 is 38.4 Å². The van der Waals surface area contributed by atoms with Gasteiger partial charge in [0.1, 0.15) is 17.3 Å². The number of para-hydroxylation sites is 2. The normalized spacial score (nSPS) is 11.4. The number of aromatic nitrogens is 3. The summed E-state index contributed by atoms with van der Waals surface area (Å²) in [7, 11) is 0.874. The Morgan fingerprint density at radius 3 is 2.36 bits per heavy atom. The fourth-order valence-corrected chi connectivity index (χ4v) is 4.62. The summed E-state index contributed by atoms with van der Waals surface area (Å²) in [6.45, 7) is 1.37. The van der Waals surface area contributed by atoms with Crippen molar-refractivity contribution in [3.63, 3.8) is 0 Å². The van der Waals surface area contributed by atoms with Crippen LogP contribution in [0, 0.1) is 0 Å². The first-order valence-electron chi connectivity index (χ1n) is 12.0. The highest BCUT2D eigenvalue weighted by Crippen LogP contribution is 2.41. The van der Waals surface area contributed by atoms with Gasteiger partial charge in [-0.1, -0.05) is 12.1 Å². The number of methoxy groups -OCH3 is 2. The van der Waals surface area contributed by atoms with Gasteiger partial charge in [-0.05, 0) is 31.3 Å². The zero-order valence-corrected chi connectivity index (χ0v) is 22.6. The molecule has 0 unspecified atom stereocenters. The highest BCUT2D eigenvalue weighted by Gasteiger charge is 2.22. The van der Waals surface area contributed by atoms with E-state index < -0.39 is 10.0 Å². The van der Waals surface area contributed by atoms with E-state index >= 15 is 0 Å². The zero-order chi connectivity index (χ0) is 27.8. The minimum Gasteiger partial charge on any atom is -0.497 e. The van der Waals surface area contributed by atoms with E-state index in [1.807, 2.05) is 18.0 Å². The summed E-state index contributed by atoms with van der Waals surface area (Å²) < 4.78 is 45.9. The van der Waals surface area contributed by atoms with Gasteiger partial charge >= 0.3 is 0 Å². The maximum atomic E-state index is 13.1. The maximum absolute atomic E-state index is 13.1. The number of nitrogens with one attached hydrogen (secondary N) is 2. The van der Waals surface area contributed by atoms with E-state index in [9.17, 15) is 8.42 Å². The van der Waals surface area contributed by atoms with E-state index in [-0.39, 0.29) is 29.7 Å². The molecule has 0 aliphatic heterocycles. The van der Waals surface area contributed by atoms with Crippen LogP contribution in [0.25, 0.3) is 11.0 Å². The molecular weight excluding hydrogens is 524 g/mol. The number of fused-ring (bicyclic) bond motifs is 1. The van der Waals surface area contributed by atoms with Crippen molar-refractivity contribution < 1.29 is 27.7 Å². The number of likely N-dealkylation sites (N-methyl/N-ethyl adjacent to an activating group) is 1. The van der Waals surface area contributed by atoms with E-state index in [0.717, 1.165) is 0 Å². The summed E-state index contributed by atoms with van der Waals surface area (Å²) in [5.41, 5.74) is 1.47. The lowest BCUT2D eigenvalue weighted by molar-refractivity contribution is 0.190. The van der Waals surface area contributed by atoms with Crippen molar-refractivity contribution in [2.24, 2.45) is 0 Å². The monoisotopic (exact) mass is 554 g/mol. The summed E-state index contributed by atoms with van der Waals surface area (Å²) in [6, 6.07) is 13.4. The van der Waals surface area contributed by atoms with Crippen molar-refractivity contribution in [2.75, 3.05) is 57.6 Å². The molecule has 0 aliphatic carbocycles. The van der Waals surface area contributed by atoms with Crippen LogP contribution in [0.1, 0.15) is 0 Å². The molecule has 2 heterocycles. The number of benzene rings is 2. The van der Waals surface area contributed by atoms with Crippen molar-refractivity contribution in [2.45, 2.75) is 4.90 Å². The van der Waals surface area contributed by atoms with Gasteiger partial charge in [0, 0.05) is 37.6 Å². The molecule has 0 aliphatic rings. The predicted octanol–water partition coefficient (Wildman–Crippen LogP) is 2.89. The number of rotatable bonds is 13. The molecule has 0 bridgehead atoms. The van der Waals surface area contributed by atoms with E-state index in [4.69, 9.17) is 19.3 Å². The third kappa shape index (κ3) is 6.82. The van der Waals surface area contributed by atoms with Gasteiger partial charge in [0.25, 0.3) is 10.0 Å². The van der Waals surface area contributed by atoms with E-state index in [1.54, 1.807) is 30.3 Å². The zero-order valence-electron chi connectivity index (χ0n) is 21.8. The summed E-state index contributed by atoms with van der Waals surface area (Å²) in [5.74, 6) is 1.36. The van der Waals surface area contributed by atoms with Crippen molar-refractivity contribution in [1.29, 1.82) is 0 Å². The Morgan fingerprint density at radius 2 is 1.72 bits per heavy atom. The molecule has 3 N–H and O–H groups in total. The van der Waals surface area contributed by atoms with Crippen molar-refractivity contribution in [3.05, 3.63) is 60.9 Å². The average molecular weight is 555 g/mol. The summed E-state index contributed by atoms with van der Waals surface area (Å²) in [6.07, 6.45) is 2.73. The summed E-state index contributed by atoms with van der Waals surface area (Å²) >= 11 is 0. The van der Waals surface area contributed by atoms with E-state index in [1.165, 1.54) is 38.7 Å². The van der Waals surface area contributed by atoms with Crippen LogP contribution in [0.2, 0.25) is 0 Å². The topological polar surface area (TPSA) is 148 Å². The quantitative estimate of drug-likeness (QED) is 0.224. The van der Waals surface area contributed by atoms with Crippen molar-refractivity contribution in [1.82, 2.24) is 19.9 Å². The Balaban J connectivity index is 1.76. The van der Waals surface area contributed by atoms with Crippen LogP contribution in [0.3, 0.4) is 0 Å². The van der Waals surface area contributed by atoms with E-state index in [2.05, 4.69) is 25.0 Å². The Bertz CT molecular complexity index is 1520. The molecule has 0 saturated heterocycles. The average Bonchev–Trinajstić information content (AvgIpc) is 2.94. The van der Waals surface area contributed by atoms with Crippen LogP contribution < -0.4 is 24.2 Å². The molecule has 0 spiro atoms. The fourth-order valence-electron chi connectivity index (χ4n) is 3.65. The largest absolute Gasteiger partial charge is 0.497 e. The molecule has 13 heteroatoms. The molecule has 0 atom stereocenters. The molecule has 4 rings (SSSR count). The number of hydrogen-bond acceptors (Lipinski definition) is 11. The van der Waals surface area contributed by atoms with Gasteiger partial charge in [-0.2, -0.15) is 0 Å². The lowest BCUT2D eigenvalue weighted by atomic mass is 10.2. The fraction of sp³-hybridized carbons (Fsp3) is 0.269. The number of pyridine rings is 1. The van der Waals surface area contributed by atoms with Gasteiger partial charge < -0.3 is 29.5 Å². The summed E-state index contributed by atoms with van der Waals surface area (Å²) in [4.78, 5) is 15.0. The number of aliphatic hydroxyl groups is 1. The standard InChI is InChI=1S/C26H30N6O6S/c1-32(11-13-33)12-14-38-24-22(15-18(36-2)16-23(24)37-3)30-25-26(29-21-9-5-4-8-20(21)28-25)31-39(34,35)19-7-6-10-27-17-19/h4-10,15-17,33H,11-14H2,1-3H3,(H,28,30)(H,29,31). The molecule has 0 fully saturated rings. The smallest absolute Gasteiger partial charge is 0.264 e. The Hall–Kier alpha value is -4.20. The number of nitrogens with zero attached hydrogens (tertiary/aromatic N) is 4. The van der Waals surface area contributed by atoms with Crippen LogP contribution >= 0.6 is 0 Å². The first-order chi connectivity index (χ1) is 18.8. The third-order valence-electron chi connectivity index (χ3n) is 5.68. The Kier molecular flexibility index (Phi) is 8.96. The van der Waals surface area contributed by atoms with Crippen LogP contribution in [-0.4, -0.2) is 80.9 Å². The van der Waals surface area contributed by atoms with Gasteiger partial charge in [0.2, 0.25) is 0 Å². The number of hydrogen-bond donors (Lipinski definition) is 3. The SMILES string of the molecule is COc1cc(Nc2nc3ccccc3nc2NS(=O)(=O)c2cccnc2)c(OCCN(C)CCO)c(OC)c1. The number of anilines is 3. The predicted molar refractivity (Wildman–Crippen MR) is 147 cm³/mol. The second-order valence-electron chi connectivity index (χ2n) is 8.41. The van der Waals surface area contributed by atoms with Crippen LogP contribution in [0.15, 0.2) is 65.8 Å². The molecule has 12 nitrogen and oxygen atoms in total. The third-order valence-corrected chi connectivity index (χ3v) is 7.01. The Morgan fingerprint density at radius 1 is 0.974 bits per heavy atom. The van der Waals surface area contributed by atoms with E-state index in [0.29, 0.717) is 47.1 Å². The Labute approximate surface area is 226 Å². The van der Waals surface area contributed by atoms with Gasteiger partial charge in [0.15, 0.2) is 23.1 Å². The molecule has 0 amide bonds. The molecule has 2 aromatic carbocycles. The molecular formula is C26H30N6O6S. The molecule has 0 saturated carbocycles. The van der Waals surface area contributed by atoms with Gasteiger partial charge in [-0.25, -0.2) is 18.4 Å². The number of ether oxygens (including phenoxy) is 3. The highest BCUT2D eigenvalue weighted by molar-refractivity contribution is 7.92. The molecule has 2 aromatic heterocycles. The molecule has 39 heavy (non-hydrogen) atoms. The van der Waals surface area contributed by atoms with Crippen LogP contribution in [0.4, 0.5) is 17.3 Å². The maximum Gasteiger partial charge on any atom is 0.264 e. The first-order valence-corrected chi connectivity index (χ1v) is 13.5. The molecule has 4 aromatic rings. The minimum absolute atomic E-state index is 0.0204. The number of aliphatic hydroxyl groups excluding tert-OH is 1. The van der Waals surface area contributed by atoms with Gasteiger partial charge in [-0.3, -0.25) is 9.71 Å².